The molecule has 0 spiro atoms. The quantitative estimate of drug-likeness (QED) is 0.453. The lowest BCUT2D eigenvalue weighted by atomic mass is 10.1. The van der Waals surface area contributed by atoms with Gasteiger partial charge in [-0.3, -0.25) is 4.79 Å². The summed E-state index contributed by atoms with van der Waals surface area (Å²) < 4.78 is 47.9. The number of benzene rings is 1. The molecule has 1 saturated heterocycles. The van der Waals surface area contributed by atoms with Crippen molar-refractivity contribution in [2.75, 3.05) is 24.6 Å². The Hall–Kier alpha value is -3.53. The molecule has 8 nitrogen and oxygen atoms in total. The largest absolute Gasteiger partial charge is 0.493 e. The summed E-state index contributed by atoms with van der Waals surface area (Å²) in [5, 5.41) is -0.237. The van der Waals surface area contributed by atoms with Crippen LogP contribution in [0.25, 0.3) is 11.3 Å². The molecular formula is C27H31FN4O4S. The van der Waals surface area contributed by atoms with E-state index in [1.54, 1.807) is 31.2 Å². The third kappa shape index (κ3) is 6.62. The van der Waals surface area contributed by atoms with Gasteiger partial charge in [0.15, 0.2) is 5.03 Å². The Morgan fingerprint density at radius 3 is 2.54 bits per heavy atom. The maximum Gasteiger partial charge on any atom is 0.281 e. The minimum Gasteiger partial charge on any atom is -0.493 e. The third-order valence-corrected chi connectivity index (χ3v) is 7.12. The molecule has 0 aliphatic carbocycles. The molecule has 2 aromatic heterocycles. The monoisotopic (exact) mass is 526 g/mol. The second kappa shape index (κ2) is 11.2. The van der Waals surface area contributed by atoms with Crippen molar-refractivity contribution in [2.24, 2.45) is 5.92 Å². The Balaban J connectivity index is 1.70. The zero-order valence-electron chi connectivity index (χ0n) is 21.2. The van der Waals surface area contributed by atoms with Crippen LogP contribution in [0.3, 0.4) is 0 Å². The van der Waals surface area contributed by atoms with Gasteiger partial charge in [-0.2, -0.15) is 8.42 Å². The van der Waals surface area contributed by atoms with Gasteiger partial charge in [-0.05, 0) is 68.5 Å². The van der Waals surface area contributed by atoms with Gasteiger partial charge in [-0.15, -0.1) is 0 Å². The molecule has 3 heterocycles. The van der Waals surface area contributed by atoms with Gasteiger partial charge >= 0.3 is 0 Å². The number of rotatable bonds is 8. The lowest BCUT2D eigenvalue weighted by molar-refractivity contribution is 0.0981. The second-order valence-electron chi connectivity index (χ2n) is 9.55. The van der Waals surface area contributed by atoms with E-state index in [0.717, 1.165) is 19.3 Å². The van der Waals surface area contributed by atoms with Crippen LogP contribution in [0.15, 0.2) is 53.6 Å². The van der Waals surface area contributed by atoms with Crippen molar-refractivity contribution in [3.63, 3.8) is 0 Å². The summed E-state index contributed by atoms with van der Waals surface area (Å²) in [6, 6.07) is 12.1. The highest BCUT2D eigenvalue weighted by Gasteiger charge is 2.26. The highest BCUT2D eigenvalue weighted by molar-refractivity contribution is 7.90. The molecule has 196 valence electrons. The van der Waals surface area contributed by atoms with Crippen LogP contribution in [-0.4, -0.2) is 44.0 Å². The van der Waals surface area contributed by atoms with E-state index in [9.17, 15) is 17.6 Å². The first kappa shape index (κ1) is 26.5. The average molecular weight is 527 g/mol. The van der Waals surface area contributed by atoms with Gasteiger partial charge in [0.2, 0.25) is 0 Å². The van der Waals surface area contributed by atoms with Crippen molar-refractivity contribution in [1.29, 1.82) is 0 Å². The van der Waals surface area contributed by atoms with Crippen LogP contribution in [0.4, 0.5) is 10.2 Å². The van der Waals surface area contributed by atoms with Crippen LogP contribution in [0.2, 0.25) is 0 Å². The maximum absolute atomic E-state index is 14.4. The average Bonchev–Trinajstić information content (AvgIpc) is 2.87. The first-order valence-corrected chi connectivity index (χ1v) is 13.8. The van der Waals surface area contributed by atoms with Crippen molar-refractivity contribution < 1.29 is 22.3 Å². The fourth-order valence-corrected chi connectivity index (χ4v) is 5.07. The van der Waals surface area contributed by atoms with E-state index in [2.05, 4.69) is 9.71 Å². The fraction of sp³-hybridized carbons (Fsp3) is 0.370. The van der Waals surface area contributed by atoms with E-state index in [4.69, 9.17) is 9.72 Å². The minimum absolute atomic E-state index is 0.120. The van der Waals surface area contributed by atoms with Crippen LogP contribution in [-0.2, 0) is 10.0 Å². The van der Waals surface area contributed by atoms with Crippen molar-refractivity contribution in [2.45, 2.75) is 45.1 Å². The molecule has 1 N–H and O–H groups in total. The van der Waals surface area contributed by atoms with E-state index in [1.807, 2.05) is 18.7 Å². The molecule has 1 amide bonds. The van der Waals surface area contributed by atoms with Crippen LogP contribution >= 0.6 is 0 Å². The molecule has 0 saturated carbocycles. The number of pyridine rings is 2. The van der Waals surface area contributed by atoms with Crippen LogP contribution in [0.1, 0.15) is 49.2 Å². The van der Waals surface area contributed by atoms with Gasteiger partial charge in [0.25, 0.3) is 15.9 Å². The van der Waals surface area contributed by atoms with Crippen molar-refractivity contribution in [3.8, 4) is 17.0 Å². The molecule has 3 aromatic rings. The molecule has 1 aliphatic heterocycles. The zero-order valence-corrected chi connectivity index (χ0v) is 22.0. The van der Waals surface area contributed by atoms with Gasteiger partial charge in [-0.1, -0.05) is 19.9 Å². The summed E-state index contributed by atoms with van der Waals surface area (Å²) in [6.07, 6.45) is 2.91. The van der Waals surface area contributed by atoms with Gasteiger partial charge in [0.1, 0.15) is 17.4 Å². The summed E-state index contributed by atoms with van der Waals surface area (Å²) in [5.74, 6) is -0.238. The zero-order chi connectivity index (χ0) is 26.6. The van der Waals surface area contributed by atoms with Crippen molar-refractivity contribution in [3.05, 3.63) is 65.6 Å². The van der Waals surface area contributed by atoms with Crippen LogP contribution < -0.4 is 14.4 Å². The molecular weight excluding hydrogens is 495 g/mol. The van der Waals surface area contributed by atoms with Crippen LogP contribution in [0.5, 0.6) is 5.75 Å². The molecule has 0 unspecified atom stereocenters. The minimum atomic E-state index is -4.19. The highest BCUT2D eigenvalue weighted by Crippen LogP contribution is 2.30. The van der Waals surface area contributed by atoms with Gasteiger partial charge in [0, 0.05) is 30.4 Å². The summed E-state index contributed by atoms with van der Waals surface area (Å²) in [7, 11) is -4.19. The molecule has 1 aromatic carbocycles. The topological polar surface area (TPSA) is 101 Å². The molecule has 4 rings (SSSR count). The SMILES string of the molecule is Cc1cccc(S(=O)(=O)NC(=O)c2ccc(-c3cc(F)cc(OCC(C)C)c3)nc2N2CCCCC2)n1. The van der Waals surface area contributed by atoms with Gasteiger partial charge < -0.3 is 9.64 Å². The Morgan fingerprint density at radius 1 is 1.08 bits per heavy atom. The number of hydrogen-bond donors (Lipinski definition) is 1. The number of anilines is 1. The second-order valence-corrected chi connectivity index (χ2v) is 11.2. The van der Waals surface area contributed by atoms with E-state index in [1.165, 1.54) is 24.3 Å². The van der Waals surface area contributed by atoms with Crippen molar-refractivity contribution in [1.82, 2.24) is 14.7 Å². The number of aryl methyl sites for hydroxylation is 1. The highest BCUT2D eigenvalue weighted by atomic mass is 32.2. The number of halogens is 1. The molecule has 0 atom stereocenters. The molecule has 1 aliphatic rings. The number of nitrogens with one attached hydrogen (secondary N) is 1. The number of hydrogen-bond acceptors (Lipinski definition) is 7. The number of carbonyl (C=O) groups excluding carboxylic acids is 1. The summed E-state index contributed by atoms with van der Waals surface area (Å²) >= 11 is 0. The third-order valence-electron chi connectivity index (χ3n) is 5.89. The smallest absolute Gasteiger partial charge is 0.281 e. The Labute approximate surface area is 217 Å². The fourth-order valence-electron chi connectivity index (χ4n) is 4.09. The van der Waals surface area contributed by atoms with Crippen molar-refractivity contribution >= 4 is 21.7 Å². The predicted octanol–water partition coefficient (Wildman–Crippen LogP) is 4.73. The summed E-state index contributed by atoms with van der Waals surface area (Å²) in [6.45, 7) is 7.48. The summed E-state index contributed by atoms with van der Waals surface area (Å²) in [4.78, 5) is 23.9. The Kier molecular flexibility index (Phi) is 8.06. The van der Waals surface area contributed by atoms with Crippen LogP contribution in [0, 0.1) is 18.7 Å². The number of nitrogens with zero attached hydrogens (tertiary/aromatic N) is 3. The Morgan fingerprint density at radius 2 is 1.84 bits per heavy atom. The Bertz CT molecular complexity index is 1390. The summed E-state index contributed by atoms with van der Waals surface area (Å²) in [5.41, 5.74) is 1.59. The lowest BCUT2D eigenvalue weighted by Gasteiger charge is -2.29. The van der Waals surface area contributed by atoms with E-state index in [-0.39, 0.29) is 16.5 Å². The maximum atomic E-state index is 14.4. The standard InChI is InChI=1S/C27H31FN4O4S/c1-18(2)17-36-22-15-20(14-21(28)16-22)24-11-10-23(26(30-24)32-12-5-4-6-13-32)27(33)31-37(34,35)25-9-7-8-19(3)29-25/h7-11,14-16,18H,4-6,12-13,17H2,1-3H3,(H,31,33). The first-order valence-electron chi connectivity index (χ1n) is 12.3. The normalized spacial score (nSPS) is 14.0. The van der Waals surface area contributed by atoms with E-state index >= 15 is 0 Å². The number of ether oxygens (including phenoxy) is 1. The number of piperidine rings is 1. The van der Waals surface area contributed by atoms with Gasteiger partial charge in [0.05, 0.1) is 17.9 Å². The first-order chi connectivity index (χ1) is 17.6. The molecule has 0 bridgehead atoms. The molecule has 10 heteroatoms. The lowest BCUT2D eigenvalue weighted by Crippen LogP contribution is -2.35. The predicted molar refractivity (Wildman–Crippen MR) is 140 cm³/mol. The molecule has 0 radical (unpaired) electrons. The van der Waals surface area contributed by atoms with Gasteiger partial charge in [-0.25, -0.2) is 19.1 Å². The molecule has 37 heavy (non-hydrogen) atoms. The number of sulfonamides is 1. The van der Waals surface area contributed by atoms with E-state index in [0.29, 0.717) is 48.2 Å². The molecule has 1 fully saturated rings. The number of aromatic nitrogens is 2. The number of amides is 1. The number of carbonyl (C=O) groups is 1. The van der Waals surface area contributed by atoms with E-state index < -0.39 is 21.7 Å².